The van der Waals surface area contributed by atoms with E-state index >= 15 is 4.39 Å². The third-order valence-corrected chi connectivity index (χ3v) is 7.47. The predicted octanol–water partition coefficient (Wildman–Crippen LogP) is 7.40. The monoisotopic (exact) mass is 475 g/mol. The summed E-state index contributed by atoms with van der Waals surface area (Å²) in [5.74, 6) is -0.905. The van der Waals surface area contributed by atoms with Crippen molar-refractivity contribution in [1.29, 1.82) is 0 Å². The van der Waals surface area contributed by atoms with Gasteiger partial charge in [-0.1, -0.05) is 60.7 Å². The van der Waals surface area contributed by atoms with Gasteiger partial charge < -0.3 is 4.90 Å². The number of nitrogens with zero attached hydrogens (tertiary/aromatic N) is 1. The van der Waals surface area contributed by atoms with Crippen molar-refractivity contribution in [3.63, 3.8) is 0 Å². The quantitative estimate of drug-likeness (QED) is 0.344. The molecule has 1 nitrogen and oxygen atoms in total. The van der Waals surface area contributed by atoms with Crippen molar-refractivity contribution in [2.45, 2.75) is 39.0 Å². The lowest BCUT2D eigenvalue weighted by Crippen LogP contribution is -2.47. The molecule has 0 amide bonds. The summed E-state index contributed by atoms with van der Waals surface area (Å²) >= 11 is 0. The van der Waals surface area contributed by atoms with Crippen molar-refractivity contribution in [3.05, 3.63) is 106 Å². The van der Waals surface area contributed by atoms with Crippen LogP contribution in [0.15, 0.2) is 60.7 Å². The molecule has 1 saturated heterocycles. The smallest absolute Gasteiger partial charge is 0.166 e. The minimum Gasteiger partial charge on any atom is -0.303 e. The lowest BCUT2D eigenvalue weighted by atomic mass is 9.86. The van der Waals surface area contributed by atoms with E-state index < -0.39 is 11.6 Å². The van der Waals surface area contributed by atoms with Crippen molar-refractivity contribution < 1.29 is 13.2 Å². The van der Waals surface area contributed by atoms with Gasteiger partial charge in [0.05, 0.1) is 6.67 Å². The molecular formula is C31H32F3N. The highest BCUT2D eigenvalue weighted by atomic mass is 19.2. The maximum Gasteiger partial charge on any atom is 0.166 e. The molecule has 1 aliphatic heterocycles. The van der Waals surface area contributed by atoms with Gasteiger partial charge in [-0.25, -0.2) is 8.78 Å². The summed E-state index contributed by atoms with van der Waals surface area (Å²) in [6.45, 7) is 4.26. The molecule has 0 saturated carbocycles. The molecule has 182 valence electrons. The summed E-state index contributed by atoms with van der Waals surface area (Å²) in [4.78, 5) is 2.31. The number of halogens is 3. The van der Waals surface area contributed by atoms with Gasteiger partial charge in [0.25, 0.3) is 0 Å². The highest BCUT2D eigenvalue weighted by Gasteiger charge is 2.27. The molecule has 5 rings (SSSR count). The van der Waals surface area contributed by atoms with Crippen molar-refractivity contribution in [1.82, 2.24) is 4.90 Å². The Morgan fingerprint density at radius 2 is 1.63 bits per heavy atom. The Morgan fingerprint density at radius 1 is 0.857 bits per heavy atom. The molecule has 1 heterocycles. The fraction of sp³-hybridized carbons (Fsp3) is 0.355. The summed E-state index contributed by atoms with van der Waals surface area (Å²) in [7, 11) is 0. The Bertz CT molecular complexity index is 1220. The molecule has 4 heteroatoms. The SMILES string of the molecule is Cc1ccc(C2=C(c3ccc(CC4CN(CCCF)C4)cc3)c3ccccc3CCC2)c(F)c1F. The van der Waals surface area contributed by atoms with E-state index in [-0.39, 0.29) is 6.67 Å². The van der Waals surface area contributed by atoms with Crippen LogP contribution in [0.3, 0.4) is 0 Å². The zero-order chi connectivity index (χ0) is 24.4. The van der Waals surface area contributed by atoms with Gasteiger partial charge >= 0.3 is 0 Å². The van der Waals surface area contributed by atoms with Crippen LogP contribution in [0, 0.1) is 24.5 Å². The standard InChI is InChI=1S/C31H32F3N/c1-21-10-15-28(31(34)30(21)33)27-9-4-7-24-6-2-3-8-26(24)29(27)25-13-11-22(12-14-25)18-23-19-35(20-23)17-5-16-32/h2-3,6,8,10-15,23H,4-5,7,9,16-20H2,1H3. The second kappa shape index (κ2) is 10.4. The zero-order valence-electron chi connectivity index (χ0n) is 20.3. The van der Waals surface area contributed by atoms with E-state index in [2.05, 4.69) is 41.3 Å². The number of hydrogen-bond acceptors (Lipinski definition) is 1. The molecule has 0 bridgehead atoms. The van der Waals surface area contributed by atoms with Crippen molar-refractivity contribution in [2.75, 3.05) is 26.3 Å². The van der Waals surface area contributed by atoms with Crippen LogP contribution in [0.1, 0.15) is 52.6 Å². The Labute approximate surface area is 206 Å². The lowest BCUT2D eigenvalue weighted by molar-refractivity contribution is 0.0968. The average molecular weight is 476 g/mol. The Kier molecular flexibility index (Phi) is 7.10. The number of fused-ring (bicyclic) bond motifs is 1. The molecule has 1 aliphatic carbocycles. The number of likely N-dealkylation sites (tertiary alicyclic amines) is 1. The van der Waals surface area contributed by atoms with Crippen LogP contribution in [0.25, 0.3) is 11.1 Å². The molecule has 3 aromatic rings. The Morgan fingerprint density at radius 3 is 2.40 bits per heavy atom. The Balaban J connectivity index is 1.49. The topological polar surface area (TPSA) is 3.24 Å². The van der Waals surface area contributed by atoms with Crippen molar-refractivity contribution >= 4 is 11.1 Å². The van der Waals surface area contributed by atoms with E-state index in [0.717, 1.165) is 61.2 Å². The van der Waals surface area contributed by atoms with Gasteiger partial charge in [-0.2, -0.15) is 0 Å². The molecular weight excluding hydrogens is 443 g/mol. The van der Waals surface area contributed by atoms with Gasteiger partial charge in [0, 0.05) is 25.2 Å². The summed E-state index contributed by atoms with van der Waals surface area (Å²) in [6.07, 6.45) is 4.13. The molecule has 35 heavy (non-hydrogen) atoms. The molecule has 3 aromatic carbocycles. The van der Waals surface area contributed by atoms with E-state index in [1.807, 2.05) is 12.1 Å². The van der Waals surface area contributed by atoms with E-state index in [1.165, 1.54) is 11.1 Å². The molecule has 0 atom stereocenters. The molecule has 0 aromatic heterocycles. The van der Waals surface area contributed by atoms with Crippen LogP contribution in [0.2, 0.25) is 0 Å². The normalized spacial score (nSPS) is 16.7. The third-order valence-electron chi connectivity index (χ3n) is 7.47. The van der Waals surface area contributed by atoms with Crippen LogP contribution >= 0.6 is 0 Å². The summed E-state index contributed by atoms with van der Waals surface area (Å²) < 4.78 is 42.1. The molecule has 0 spiro atoms. The maximum absolute atomic E-state index is 15.2. The van der Waals surface area contributed by atoms with Crippen molar-refractivity contribution in [2.24, 2.45) is 5.92 Å². The highest BCUT2D eigenvalue weighted by molar-refractivity contribution is 6.00. The van der Waals surface area contributed by atoms with Crippen LogP contribution in [0.4, 0.5) is 13.2 Å². The molecule has 0 unspecified atom stereocenters. The van der Waals surface area contributed by atoms with Gasteiger partial charge in [0.15, 0.2) is 11.6 Å². The molecule has 0 N–H and O–H groups in total. The zero-order valence-corrected chi connectivity index (χ0v) is 20.3. The fourth-order valence-corrected chi connectivity index (χ4v) is 5.62. The first-order chi connectivity index (χ1) is 17.0. The van der Waals surface area contributed by atoms with Crippen molar-refractivity contribution in [3.8, 4) is 0 Å². The second-order valence-electron chi connectivity index (χ2n) is 9.99. The second-order valence-corrected chi connectivity index (χ2v) is 9.99. The van der Waals surface area contributed by atoms with E-state index in [0.29, 0.717) is 29.9 Å². The van der Waals surface area contributed by atoms with Crippen LogP contribution in [-0.2, 0) is 12.8 Å². The maximum atomic E-state index is 15.2. The molecule has 0 radical (unpaired) electrons. The van der Waals surface area contributed by atoms with Gasteiger partial charge in [0.2, 0.25) is 0 Å². The van der Waals surface area contributed by atoms with E-state index in [4.69, 9.17) is 0 Å². The number of aryl methyl sites for hydroxylation is 2. The Hall–Kier alpha value is -2.85. The summed E-state index contributed by atoms with van der Waals surface area (Å²) in [6, 6.07) is 20.3. The highest BCUT2D eigenvalue weighted by Crippen LogP contribution is 2.41. The van der Waals surface area contributed by atoms with Gasteiger partial charge in [-0.3, -0.25) is 4.39 Å². The number of benzene rings is 3. The fourth-order valence-electron chi connectivity index (χ4n) is 5.62. The van der Waals surface area contributed by atoms with Gasteiger partial charge in [-0.05, 0) is 83.9 Å². The van der Waals surface area contributed by atoms with Crippen LogP contribution < -0.4 is 0 Å². The number of rotatable bonds is 7. The minimum atomic E-state index is -0.761. The lowest BCUT2D eigenvalue weighted by Gasteiger charge is -2.39. The summed E-state index contributed by atoms with van der Waals surface area (Å²) in [5.41, 5.74) is 7.25. The summed E-state index contributed by atoms with van der Waals surface area (Å²) in [5, 5.41) is 0. The first kappa shape index (κ1) is 23.9. The number of hydrogen-bond donors (Lipinski definition) is 0. The first-order valence-electron chi connectivity index (χ1n) is 12.7. The molecule has 1 fully saturated rings. The van der Waals surface area contributed by atoms with Gasteiger partial charge in [-0.15, -0.1) is 0 Å². The third kappa shape index (κ3) is 4.95. The average Bonchev–Trinajstić information content (AvgIpc) is 3.04. The van der Waals surface area contributed by atoms with Crippen LogP contribution in [-0.4, -0.2) is 31.2 Å². The number of allylic oxidation sites excluding steroid dienone is 1. The van der Waals surface area contributed by atoms with Gasteiger partial charge in [0.1, 0.15) is 0 Å². The predicted molar refractivity (Wildman–Crippen MR) is 137 cm³/mol. The molecule has 2 aliphatic rings. The van der Waals surface area contributed by atoms with E-state index in [1.54, 1.807) is 19.1 Å². The number of alkyl halides is 1. The first-order valence-corrected chi connectivity index (χ1v) is 12.7. The van der Waals surface area contributed by atoms with Crippen LogP contribution in [0.5, 0.6) is 0 Å². The minimum absolute atomic E-state index is 0.247. The van der Waals surface area contributed by atoms with E-state index in [9.17, 15) is 8.78 Å². The largest absolute Gasteiger partial charge is 0.303 e.